The molecule has 4 nitrogen and oxygen atoms in total. The van der Waals surface area contributed by atoms with Crippen LogP contribution in [0.25, 0.3) is 0 Å². The molecular weight excluding hydrogens is 156 g/mol. The first-order valence-electron chi connectivity index (χ1n) is 2.70. The molecule has 0 aliphatic heterocycles. The van der Waals surface area contributed by atoms with Crippen LogP contribution in [0.2, 0.25) is 0 Å². The normalized spacial score (nSPS) is 12.6. The van der Waals surface area contributed by atoms with Crippen molar-refractivity contribution >= 4 is 17.0 Å². The molecule has 0 aliphatic rings. The van der Waals surface area contributed by atoms with Crippen molar-refractivity contribution in [1.82, 2.24) is 0 Å². The summed E-state index contributed by atoms with van der Waals surface area (Å²) in [5, 5.41) is 0. The van der Waals surface area contributed by atoms with Gasteiger partial charge >= 0.3 is 5.97 Å². The largest absolute Gasteiger partial charge is 0.469 e. The van der Waals surface area contributed by atoms with E-state index in [1.165, 1.54) is 14.2 Å². The number of hydrogen-bond donors (Lipinski definition) is 0. The minimum atomic E-state index is -1.35. The van der Waals surface area contributed by atoms with Crippen molar-refractivity contribution in [2.75, 3.05) is 20.0 Å². The van der Waals surface area contributed by atoms with Crippen LogP contribution >= 0.6 is 0 Å². The Labute approximate surface area is 62.2 Å². The van der Waals surface area contributed by atoms with E-state index >= 15 is 0 Å². The minimum Gasteiger partial charge on any atom is -0.469 e. The highest BCUT2D eigenvalue weighted by molar-refractivity contribution is 7.80. The highest BCUT2D eigenvalue weighted by Gasteiger charge is 2.03. The monoisotopic (exact) mass is 166 g/mol. The molecule has 0 aromatic rings. The zero-order valence-corrected chi connectivity index (χ0v) is 6.77. The van der Waals surface area contributed by atoms with Crippen LogP contribution in [0, 0.1) is 0 Å². The van der Waals surface area contributed by atoms with Gasteiger partial charge in [0.2, 0.25) is 0 Å². The molecule has 0 rings (SSSR count). The third-order valence-corrected chi connectivity index (χ3v) is 1.80. The summed E-state index contributed by atoms with van der Waals surface area (Å²) in [6.45, 7) is 0. The Bertz CT molecular complexity index is 118. The van der Waals surface area contributed by atoms with Gasteiger partial charge in [-0.2, -0.15) is 0 Å². The summed E-state index contributed by atoms with van der Waals surface area (Å²) in [6, 6.07) is 0. The Kier molecular flexibility index (Phi) is 5.15. The van der Waals surface area contributed by atoms with Crippen molar-refractivity contribution in [2.24, 2.45) is 0 Å². The van der Waals surface area contributed by atoms with Crippen molar-refractivity contribution < 1.29 is 17.9 Å². The summed E-state index contributed by atoms with van der Waals surface area (Å²) in [4.78, 5) is 10.4. The fourth-order valence-electron chi connectivity index (χ4n) is 0.352. The number of ether oxygens (including phenoxy) is 1. The number of carbonyl (C=O) groups is 1. The van der Waals surface area contributed by atoms with Crippen molar-refractivity contribution in [3.8, 4) is 0 Å². The second-order valence-electron chi connectivity index (χ2n) is 1.50. The zero-order valence-electron chi connectivity index (χ0n) is 5.96. The molecular formula is C5H10O4S. The van der Waals surface area contributed by atoms with Gasteiger partial charge in [-0.05, 0) is 0 Å². The quantitative estimate of drug-likeness (QED) is 0.545. The number of carbonyl (C=O) groups excluding carboxylic acids is 1. The predicted molar refractivity (Wildman–Crippen MR) is 36.7 cm³/mol. The van der Waals surface area contributed by atoms with E-state index in [1.54, 1.807) is 0 Å². The molecule has 0 saturated carbocycles. The molecule has 1 atom stereocenters. The molecule has 0 aliphatic carbocycles. The fourth-order valence-corrected chi connectivity index (χ4v) is 0.852. The van der Waals surface area contributed by atoms with Crippen molar-refractivity contribution in [3.63, 3.8) is 0 Å². The van der Waals surface area contributed by atoms with Crippen molar-refractivity contribution in [2.45, 2.75) is 6.42 Å². The van der Waals surface area contributed by atoms with E-state index < -0.39 is 11.1 Å². The first-order chi connectivity index (χ1) is 4.70. The molecule has 5 heteroatoms. The summed E-state index contributed by atoms with van der Waals surface area (Å²) >= 11 is -1.35. The topological polar surface area (TPSA) is 52.6 Å². The van der Waals surface area contributed by atoms with Crippen molar-refractivity contribution in [3.05, 3.63) is 0 Å². The van der Waals surface area contributed by atoms with Crippen LogP contribution in [-0.4, -0.2) is 30.2 Å². The average molecular weight is 166 g/mol. The van der Waals surface area contributed by atoms with Gasteiger partial charge in [-0.3, -0.25) is 8.98 Å². The molecule has 0 unspecified atom stereocenters. The van der Waals surface area contributed by atoms with E-state index in [1.807, 2.05) is 0 Å². The Morgan fingerprint density at radius 2 is 2.10 bits per heavy atom. The van der Waals surface area contributed by atoms with Gasteiger partial charge in [0, 0.05) is 0 Å². The van der Waals surface area contributed by atoms with Crippen LogP contribution in [0.3, 0.4) is 0 Å². The highest BCUT2D eigenvalue weighted by atomic mass is 32.2. The molecule has 0 spiro atoms. The molecule has 0 amide bonds. The van der Waals surface area contributed by atoms with Gasteiger partial charge in [0.25, 0.3) is 0 Å². The molecule has 0 saturated heterocycles. The Morgan fingerprint density at radius 1 is 1.50 bits per heavy atom. The number of methoxy groups -OCH3 is 1. The molecule has 0 aromatic heterocycles. The lowest BCUT2D eigenvalue weighted by atomic mass is 10.5. The van der Waals surface area contributed by atoms with E-state index in [9.17, 15) is 9.00 Å². The second kappa shape index (κ2) is 5.37. The van der Waals surface area contributed by atoms with Crippen molar-refractivity contribution in [1.29, 1.82) is 0 Å². The lowest BCUT2D eigenvalue weighted by molar-refractivity contribution is -0.140. The van der Waals surface area contributed by atoms with Crippen LogP contribution in [0.4, 0.5) is 0 Å². The Balaban J connectivity index is 3.35. The molecule has 0 N–H and O–H groups in total. The maximum absolute atomic E-state index is 10.5. The Hall–Kier alpha value is -0.420. The van der Waals surface area contributed by atoms with Gasteiger partial charge in [0.05, 0.1) is 26.4 Å². The van der Waals surface area contributed by atoms with Gasteiger partial charge < -0.3 is 4.74 Å². The third-order valence-electron chi connectivity index (χ3n) is 0.886. The lowest BCUT2D eigenvalue weighted by Gasteiger charge is -1.96. The number of hydrogen-bond acceptors (Lipinski definition) is 4. The summed E-state index contributed by atoms with van der Waals surface area (Å²) in [5.41, 5.74) is 0. The molecule has 0 heterocycles. The third kappa shape index (κ3) is 4.46. The fraction of sp³-hybridized carbons (Fsp3) is 0.800. The van der Waals surface area contributed by atoms with E-state index in [4.69, 9.17) is 0 Å². The minimum absolute atomic E-state index is 0.136. The van der Waals surface area contributed by atoms with E-state index in [2.05, 4.69) is 8.92 Å². The van der Waals surface area contributed by atoms with Crippen LogP contribution in [0.5, 0.6) is 0 Å². The molecule has 0 bridgehead atoms. The van der Waals surface area contributed by atoms with Gasteiger partial charge in [0.1, 0.15) is 0 Å². The summed E-state index contributed by atoms with van der Waals surface area (Å²) in [5.74, 6) is -0.172. The predicted octanol–water partition coefficient (Wildman–Crippen LogP) is -0.140. The van der Waals surface area contributed by atoms with E-state index in [-0.39, 0.29) is 18.1 Å². The molecule has 60 valence electrons. The van der Waals surface area contributed by atoms with Crippen LogP contribution in [0.15, 0.2) is 0 Å². The van der Waals surface area contributed by atoms with Crippen LogP contribution in [-0.2, 0) is 24.8 Å². The SMILES string of the molecule is COC(=O)CC[S@@](=O)OC. The standard InChI is InChI=1S/C5H10O4S/c1-8-5(6)3-4-10(7)9-2/h3-4H2,1-2H3/t10-/m0/s1. The highest BCUT2D eigenvalue weighted by Crippen LogP contribution is 1.89. The first-order valence-corrected chi connectivity index (χ1v) is 3.94. The first kappa shape index (κ1) is 9.58. The van der Waals surface area contributed by atoms with E-state index in [0.717, 1.165) is 0 Å². The van der Waals surface area contributed by atoms with Crippen LogP contribution in [0.1, 0.15) is 6.42 Å². The Morgan fingerprint density at radius 3 is 2.50 bits per heavy atom. The number of esters is 1. The second-order valence-corrected chi connectivity index (χ2v) is 2.85. The maximum Gasteiger partial charge on any atom is 0.306 e. The zero-order chi connectivity index (χ0) is 7.98. The summed E-state index contributed by atoms with van der Waals surface area (Å²) in [6.07, 6.45) is 0.136. The van der Waals surface area contributed by atoms with Crippen LogP contribution < -0.4 is 0 Å². The van der Waals surface area contributed by atoms with Gasteiger partial charge in [-0.1, -0.05) is 0 Å². The molecule has 10 heavy (non-hydrogen) atoms. The average Bonchev–Trinajstić information content (AvgIpc) is 1.99. The molecule has 0 aromatic carbocycles. The lowest BCUT2D eigenvalue weighted by Crippen LogP contribution is -2.07. The van der Waals surface area contributed by atoms with E-state index in [0.29, 0.717) is 0 Å². The van der Waals surface area contributed by atoms with Gasteiger partial charge in [-0.15, -0.1) is 0 Å². The smallest absolute Gasteiger partial charge is 0.306 e. The number of rotatable bonds is 4. The van der Waals surface area contributed by atoms with Gasteiger partial charge in [0.15, 0.2) is 11.1 Å². The maximum atomic E-state index is 10.5. The summed E-state index contributed by atoms with van der Waals surface area (Å²) in [7, 11) is 2.62. The molecule has 0 fully saturated rings. The molecule has 0 radical (unpaired) electrons. The summed E-state index contributed by atoms with van der Waals surface area (Å²) < 4.78 is 19.2. The van der Waals surface area contributed by atoms with Gasteiger partial charge in [-0.25, -0.2) is 4.21 Å².